The van der Waals surface area contributed by atoms with Gasteiger partial charge < -0.3 is 5.32 Å². The fourth-order valence-corrected chi connectivity index (χ4v) is 3.82. The third-order valence-corrected chi connectivity index (χ3v) is 5.41. The number of carbonyl (C=O) groups excluding carboxylic acids is 1. The molecule has 0 aliphatic carbocycles. The van der Waals surface area contributed by atoms with E-state index in [1.165, 1.54) is 22.9 Å². The van der Waals surface area contributed by atoms with E-state index >= 15 is 0 Å². The fraction of sp³-hybridized carbons (Fsp3) is 0.188. The molecule has 0 aliphatic heterocycles. The maximum atomic E-state index is 12.7. The molecule has 0 saturated carbocycles. The van der Waals surface area contributed by atoms with Crippen molar-refractivity contribution in [1.82, 2.24) is 30.0 Å². The van der Waals surface area contributed by atoms with E-state index in [9.17, 15) is 13.2 Å². The second kappa shape index (κ2) is 8.09. The van der Waals surface area contributed by atoms with Crippen LogP contribution in [0.25, 0.3) is 5.95 Å². The van der Waals surface area contributed by atoms with Crippen LogP contribution in [0.1, 0.15) is 29.1 Å². The smallest absolute Gasteiger partial charge is 0.252 e. The Hall–Kier alpha value is -2.12. The van der Waals surface area contributed by atoms with E-state index in [1.54, 1.807) is 25.4 Å². The molecule has 1 unspecified atom stereocenters. The van der Waals surface area contributed by atoms with Crippen LogP contribution in [0.15, 0.2) is 41.6 Å². The van der Waals surface area contributed by atoms with Crippen molar-refractivity contribution in [2.45, 2.75) is 17.9 Å². The van der Waals surface area contributed by atoms with Crippen LogP contribution in [0.3, 0.4) is 0 Å². The number of sulfone groups is 1. The summed E-state index contributed by atoms with van der Waals surface area (Å²) >= 11 is 7.93. The Morgan fingerprint density at radius 3 is 2.57 bits per heavy atom. The van der Waals surface area contributed by atoms with Crippen molar-refractivity contribution in [3.05, 3.63) is 56.9 Å². The minimum Gasteiger partial charge on any atom is -0.342 e. The predicted octanol–water partition coefficient (Wildman–Crippen LogP) is 2.21. The Morgan fingerprint density at radius 1 is 1.25 bits per heavy atom. The van der Waals surface area contributed by atoms with Crippen LogP contribution in [0.2, 0.25) is 5.02 Å². The van der Waals surface area contributed by atoms with Crippen LogP contribution < -0.4 is 5.32 Å². The van der Waals surface area contributed by atoms with Crippen LogP contribution in [0.4, 0.5) is 0 Å². The molecule has 1 amide bonds. The number of nitrogens with zero attached hydrogens (tertiary/aromatic N) is 5. The van der Waals surface area contributed by atoms with Crippen LogP contribution in [0, 0.1) is 3.83 Å². The summed E-state index contributed by atoms with van der Waals surface area (Å²) in [5.74, 6) is 0.240. The van der Waals surface area contributed by atoms with Gasteiger partial charge in [0.15, 0.2) is 15.7 Å². The predicted molar refractivity (Wildman–Crippen MR) is 110 cm³/mol. The monoisotopic (exact) mass is 532 g/mol. The molecule has 12 heteroatoms. The highest BCUT2D eigenvalue weighted by Gasteiger charge is 2.21. The minimum atomic E-state index is -3.51. The van der Waals surface area contributed by atoms with E-state index in [2.05, 4.69) is 25.4 Å². The van der Waals surface area contributed by atoms with Gasteiger partial charge in [0.1, 0.15) is 0 Å². The highest BCUT2D eigenvalue weighted by atomic mass is 127. The number of benzene rings is 1. The summed E-state index contributed by atoms with van der Waals surface area (Å²) in [7, 11) is -3.51. The summed E-state index contributed by atoms with van der Waals surface area (Å²) in [5.41, 5.74) is 0.122. The fourth-order valence-electron chi connectivity index (χ4n) is 2.38. The third kappa shape index (κ3) is 4.64. The molecule has 1 N–H and O–H groups in total. The van der Waals surface area contributed by atoms with Gasteiger partial charge in [0, 0.05) is 51.8 Å². The molecule has 2 heterocycles. The molecule has 0 radical (unpaired) electrons. The van der Waals surface area contributed by atoms with Crippen molar-refractivity contribution >= 4 is 49.9 Å². The summed E-state index contributed by atoms with van der Waals surface area (Å²) in [4.78, 5) is 25.2. The molecule has 9 nitrogen and oxygen atoms in total. The Bertz CT molecular complexity index is 1140. The van der Waals surface area contributed by atoms with Crippen LogP contribution in [-0.4, -0.2) is 45.3 Å². The van der Waals surface area contributed by atoms with Gasteiger partial charge in [0.05, 0.1) is 10.9 Å². The lowest BCUT2D eigenvalue weighted by Crippen LogP contribution is -2.29. The largest absolute Gasteiger partial charge is 0.342 e. The quantitative estimate of drug-likeness (QED) is 0.500. The Morgan fingerprint density at radius 2 is 1.93 bits per heavy atom. The van der Waals surface area contributed by atoms with Gasteiger partial charge in [-0.3, -0.25) is 4.79 Å². The molecule has 0 bridgehead atoms. The molecule has 1 atom stereocenters. The molecule has 3 rings (SSSR count). The van der Waals surface area contributed by atoms with Crippen molar-refractivity contribution in [2.24, 2.45) is 0 Å². The zero-order chi connectivity index (χ0) is 20.5. The van der Waals surface area contributed by atoms with E-state index in [0.29, 0.717) is 15.6 Å². The van der Waals surface area contributed by atoms with Crippen molar-refractivity contribution in [1.29, 1.82) is 0 Å². The summed E-state index contributed by atoms with van der Waals surface area (Å²) < 4.78 is 25.5. The van der Waals surface area contributed by atoms with Crippen LogP contribution in [0.5, 0.6) is 0 Å². The number of carbonyl (C=O) groups is 1. The highest BCUT2D eigenvalue weighted by molar-refractivity contribution is 14.1. The van der Waals surface area contributed by atoms with Crippen LogP contribution >= 0.6 is 34.2 Å². The molecule has 28 heavy (non-hydrogen) atoms. The lowest BCUT2D eigenvalue weighted by Gasteiger charge is -2.14. The molecule has 0 aliphatic rings. The maximum Gasteiger partial charge on any atom is 0.252 e. The number of amides is 1. The summed E-state index contributed by atoms with van der Waals surface area (Å²) in [5, 5.41) is 7.17. The van der Waals surface area contributed by atoms with E-state index in [1.807, 2.05) is 22.6 Å². The zero-order valence-corrected chi connectivity index (χ0v) is 18.4. The summed E-state index contributed by atoms with van der Waals surface area (Å²) in [6.07, 6.45) is 4.19. The SMILES string of the molecule is CC(NC(=O)c1cc(Cl)cc(S(C)(=O)=O)c1)c1nc(I)nn1-c1ncccn1. The average Bonchev–Trinajstić information content (AvgIpc) is 3.03. The van der Waals surface area contributed by atoms with Crippen molar-refractivity contribution in [3.8, 4) is 5.95 Å². The first kappa shape index (κ1) is 20.6. The molecule has 146 valence electrons. The van der Waals surface area contributed by atoms with Crippen molar-refractivity contribution < 1.29 is 13.2 Å². The number of halogens is 2. The highest BCUT2D eigenvalue weighted by Crippen LogP contribution is 2.20. The van der Waals surface area contributed by atoms with E-state index in [0.717, 1.165) is 6.26 Å². The number of hydrogen-bond donors (Lipinski definition) is 1. The second-order valence-corrected chi connectivity index (χ2v) is 9.26. The zero-order valence-electron chi connectivity index (χ0n) is 14.7. The molecular weight excluding hydrogens is 519 g/mol. The van der Waals surface area contributed by atoms with E-state index < -0.39 is 21.8 Å². The van der Waals surface area contributed by atoms with Gasteiger partial charge in [-0.1, -0.05) is 11.6 Å². The normalized spacial score (nSPS) is 12.6. The van der Waals surface area contributed by atoms with Gasteiger partial charge in [0.2, 0.25) is 3.83 Å². The average molecular weight is 533 g/mol. The topological polar surface area (TPSA) is 120 Å². The number of nitrogens with one attached hydrogen (secondary N) is 1. The first-order valence-electron chi connectivity index (χ1n) is 7.86. The first-order chi connectivity index (χ1) is 13.1. The molecule has 3 aromatic rings. The van der Waals surface area contributed by atoms with Crippen molar-refractivity contribution in [3.63, 3.8) is 0 Å². The molecule has 2 aromatic heterocycles. The standard InChI is InChI=1S/C16H14ClIN6O3S/c1-9(13-22-15(18)23-24(13)16-19-4-3-5-20-16)21-14(25)10-6-11(17)8-12(7-10)28(2,26)27/h3-9H,1-2H3,(H,21,25). The van der Waals surface area contributed by atoms with Gasteiger partial charge in [-0.05, 0) is 31.2 Å². The Labute approximate surface area is 179 Å². The lowest BCUT2D eigenvalue weighted by molar-refractivity contribution is 0.0937. The third-order valence-electron chi connectivity index (χ3n) is 3.64. The van der Waals surface area contributed by atoms with Crippen LogP contribution in [-0.2, 0) is 9.84 Å². The van der Waals surface area contributed by atoms with Gasteiger partial charge in [-0.25, -0.2) is 23.4 Å². The molecule has 1 aromatic carbocycles. The minimum absolute atomic E-state index is 0.0341. The first-order valence-corrected chi connectivity index (χ1v) is 11.2. The molecule has 0 fully saturated rings. The van der Waals surface area contributed by atoms with E-state index in [4.69, 9.17) is 11.6 Å². The number of hydrogen-bond acceptors (Lipinski definition) is 7. The Kier molecular flexibility index (Phi) is 5.95. The van der Waals surface area contributed by atoms with Gasteiger partial charge in [-0.2, -0.15) is 4.68 Å². The second-order valence-electron chi connectivity index (χ2n) is 5.84. The summed E-state index contributed by atoms with van der Waals surface area (Å²) in [6, 6.07) is 5.08. The number of aromatic nitrogens is 5. The number of rotatable bonds is 5. The lowest BCUT2D eigenvalue weighted by atomic mass is 10.2. The van der Waals surface area contributed by atoms with E-state index in [-0.39, 0.29) is 15.5 Å². The maximum absolute atomic E-state index is 12.7. The van der Waals surface area contributed by atoms with Crippen molar-refractivity contribution in [2.75, 3.05) is 6.26 Å². The molecule has 0 spiro atoms. The Balaban J connectivity index is 1.90. The molecule has 0 saturated heterocycles. The van der Waals surface area contributed by atoms with Gasteiger partial charge in [0.25, 0.3) is 11.9 Å². The summed E-state index contributed by atoms with van der Waals surface area (Å²) in [6.45, 7) is 1.72. The van der Waals surface area contributed by atoms with Gasteiger partial charge in [-0.15, -0.1) is 5.10 Å². The molecular formula is C16H14ClIN6O3S. The van der Waals surface area contributed by atoms with Gasteiger partial charge >= 0.3 is 0 Å².